The molecule has 0 bridgehead atoms. The van der Waals surface area contributed by atoms with Crippen molar-refractivity contribution in [2.45, 2.75) is 6.92 Å². The highest BCUT2D eigenvalue weighted by Gasteiger charge is 2.08. The predicted octanol–water partition coefficient (Wildman–Crippen LogP) is 4.69. The van der Waals surface area contributed by atoms with E-state index in [0.29, 0.717) is 5.02 Å². The van der Waals surface area contributed by atoms with Gasteiger partial charge < -0.3 is 0 Å². The number of benzene rings is 1. The Balaban J connectivity index is 2.22. The van der Waals surface area contributed by atoms with Crippen LogP contribution in [0.15, 0.2) is 47.4 Å². The Kier molecular flexibility index (Phi) is 3.77. The molecular weight excluding hydrogens is 252 g/mol. The van der Waals surface area contributed by atoms with Crippen LogP contribution in [0.4, 0.5) is 0 Å². The van der Waals surface area contributed by atoms with Crippen LogP contribution in [-0.2, 0) is 0 Å². The maximum atomic E-state index is 12.0. The molecule has 0 saturated heterocycles. The van der Waals surface area contributed by atoms with Gasteiger partial charge in [0.15, 0.2) is 5.78 Å². The fraction of sp³-hybridized carbons (Fsp3) is 0.0714. The van der Waals surface area contributed by atoms with E-state index >= 15 is 0 Å². The van der Waals surface area contributed by atoms with Crippen molar-refractivity contribution in [2.24, 2.45) is 0 Å². The zero-order chi connectivity index (χ0) is 12.3. The van der Waals surface area contributed by atoms with E-state index in [9.17, 15) is 4.79 Å². The maximum Gasteiger partial charge on any atom is 0.198 e. The Morgan fingerprint density at radius 1 is 1.24 bits per heavy atom. The van der Waals surface area contributed by atoms with Crippen molar-refractivity contribution < 1.29 is 4.79 Å². The average Bonchev–Trinajstić information content (AvgIpc) is 2.84. The van der Waals surface area contributed by atoms with E-state index < -0.39 is 0 Å². The van der Waals surface area contributed by atoms with Crippen molar-refractivity contribution in [3.05, 3.63) is 62.8 Å². The molecule has 1 heterocycles. The molecule has 2 rings (SSSR count). The summed E-state index contributed by atoms with van der Waals surface area (Å²) in [7, 11) is 0. The van der Waals surface area contributed by atoms with Gasteiger partial charge in [-0.25, -0.2) is 0 Å². The number of carbonyl (C=O) groups is 1. The van der Waals surface area contributed by atoms with Gasteiger partial charge in [0.1, 0.15) is 0 Å². The molecule has 3 heteroatoms. The van der Waals surface area contributed by atoms with E-state index in [1.54, 1.807) is 0 Å². The SMILES string of the molecule is C/C(=C\c1ccc(Cl)cc1)C(=O)c1cccs1. The van der Waals surface area contributed by atoms with E-state index in [2.05, 4.69) is 0 Å². The van der Waals surface area contributed by atoms with E-state index in [0.717, 1.165) is 16.0 Å². The molecule has 0 fully saturated rings. The zero-order valence-corrected chi connectivity index (χ0v) is 10.9. The molecule has 0 aliphatic carbocycles. The third kappa shape index (κ3) is 3.05. The quantitative estimate of drug-likeness (QED) is 0.579. The standard InChI is InChI=1S/C14H11ClOS/c1-10(14(16)13-3-2-8-17-13)9-11-4-6-12(15)7-5-11/h2-9H,1H3/b10-9+. The van der Waals surface area contributed by atoms with Crippen molar-refractivity contribution in [3.8, 4) is 0 Å². The number of hydrogen-bond donors (Lipinski definition) is 0. The fourth-order valence-corrected chi connectivity index (χ4v) is 2.33. The van der Waals surface area contributed by atoms with Gasteiger partial charge in [-0.2, -0.15) is 0 Å². The number of ketones is 1. The highest BCUT2D eigenvalue weighted by Crippen LogP contribution is 2.17. The first-order chi connectivity index (χ1) is 8.16. The third-order valence-electron chi connectivity index (χ3n) is 2.36. The van der Waals surface area contributed by atoms with Crippen molar-refractivity contribution in [2.75, 3.05) is 0 Å². The first-order valence-electron chi connectivity index (χ1n) is 5.19. The van der Waals surface area contributed by atoms with E-state index in [1.165, 1.54) is 11.3 Å². The molecule has 0 radical (unpaired) electrons. The first kappa shape index (κ1) is 12.1. The Hall–Kier alpha value is -1.38. The third-order valence-corrected chi connectivity index (χ3v) is 3.48. The fourth-order valence-electron chi connectivity index (χ4n) is 1.48. The number of Topliss-reactive ketones (excluding diaryl/α,β-unsaturated/α-hetero) is 1. The van der Waals surface area contributed by atoms with E-state index in [1.807, 2.05) is 54.8 Å². The number of allylic oxidation sites excluding steroid dienone is 1. The highest BCUT2D eigenvalue weighted by atomic mass is 35.5. The molecule has 0 spiro atoms. The molecule has 1 aromatic carbocycles. The predicted molar refractivity (Wildman–Crippen MR) is 73.8 cm³/mol. The van der Waals surface area contributed by atoms with Gasteiger partial charge in [-0.3, -0.25) is 4.79 Å². The summed E-state index contributed by atoms with van der Waals surface area (Å²) in [4.78, 5) is 12.8. The lowest BCUT2D eigenvalue weighted by Crippen LogP contribution is -1.97. The van der Waals surface area contributed by atoms with Crippen LogP contribution >= 0.6 is 22.9 Å². The molecule has 0 unspecified atom stereocenters. The molecule has 2 aromatic rings. The Labute approximate surface area is 109 Å². The number of hydrogen-bond acceptors (Lipinski definition) is 2. The van der Waals surface area contributed by atoms with Crippen LogP contribution in [-0.4, -0.2) is 5.78 Å². The Bertz CT molecular complexity index is 538. The second kappa shape index (κ2) is 5.30. The van der Waals surface area contributed by atoms with Crippen molar-refractivity contribution in [3.63, 3.8) is 0 Å². The largest absolute Gasteiger partial charge is 0.288 e. The topological polar surface area (TPSA) is 17.1 Å². The molecule has 0 saturated carbocycles. The zero-order valence-electron chi connectivity index (χ0n) is 9.31. The Morgan fingerprint density at radius 2 is 1.94 bits per heavy atom. The maximum absolute atomic E-state index is 12.0. The van der Waals surface area contributed by atoms with Crippen LogP contribution in [0, 0.1) is 0 Å². The lowest BCUT2D eigenvalue weighted by molar-refractivity contribution is 0.103. The summed E-state index contributed by atoms with van der Waals surface area (Å²) in [6.45, 7) is 1.83. The summed E-state index contributed by atoms with van der Waals surface area (Å²) in [5, 5.41) is 2.60. The molecule has 17 heavy (non-hydrogen) atoms. The van der Waals surface area contributed by atoms with E-state index in [-0.39, 0.29) is 5.78 Å². The minimum absolute atomic E-state index is 0.0787. The lowest BCUT2D eigenvalue weighted by atomic mass is 10.1. The minimum Gasteiger partial charge on any atom is -0.288 e. The first-order valence-corrected chi connectivity index (χ1v) is 6.44. The second-order valence-electron chi connectivity index (χ2n) is 3.69. The lowest BCUT2D eigenvalue weighted by Gasteiger charge is -1.99. The van der Waals surface area contributed by atoms with Crippen LogP contribution in [0.2, 0.25) is 5.02 Å². The van der Waals surface area contributed by atoms with Crippen LogP contribution < -0.4 is 0 Å². The van der Waals surface area contributed by atoms with Gasteiger partial charge in [0.05, 0.1) is 4.88 Å². The summed E-state index contributed by atoms with van der Waals surface area (Å²) >= 11 is 7.27. The number of carbonyl (C=O) groups excluding carboxylic acids is 1. The molecule has 0 atom stereocenters. The van der Waals surface area contributed by atoms with Gasteiger partial charge in [0, 0.05) is 5.02 Å². The van der Waals surface area contributed by atoms with Crippen molar-refractivity contribution >= 4 is 34.8 Å². The highest BCUT2D eigenvalue weighted by molar-refractivity contribution is 7.12. The van der Waals surface area contributed by atoms with Crippen LogP contribution in [0.3, 0.4) is 0 Å². The molecular formula is C14H11ClOS. The number of halogens is 1. The van der Waals surface area contributed by atoms with Crippen molar-refractivity contribution in [1.29, 1.82) is 0 Å². The van der Waals surface area contributed by atoms with E-state index in [4.69, 9.17) is 11.6 Å². The van der Waals surface area contributed by atoms with Gasteiger partial charge in [0.25, 0.3) is 0 Å². The molecule has 1 nitrogen and oxygen atoms in total. The average molecular weight is 263 g/mol. The molecule has 0 aliphatic rings. The van der Waals surface area contributed by atoms with Crippen molar-refractivity contribution in [1.82, 2.24) is 0 Å². The molecule has 1 aromatic heterocycles. The van der Waals surface area contributed by atoms with Gasteiger partial charge in [0.2, 0.25) is 0 Å². The molecule has 0 N–H and O–H groups in total. The molecule has 86 valence electrons. The minimum atomic E-state index is 0.0787. The monoisotopic (exact) mass is 262 g/mol. The number of thiophene rings is 1. The summed E-state index contributed by atoms with van der Waals surface area (Å²) in [5.74, 6) is 0.0787. The molecule has 0 amide bonds. The van der Waals surface area contributed by atoms with Gasteiger partial charge >= 0.3 is 0 Å². The summed E-state index contributed by atoms with van der Waals surface area (Å²) < 4.78 is 0. The summed E-state index contributed by atoms with van der Waals surface area (Å²) in [6.07, 6.45) is 1.87. The second-order valence-corrected chi connectivity index (χ2v) is 5.07. The molecule has 0 aliphatic heterocycles. The smallest absolute Gasteiger partial charge is 0.198 e. The van der Waals surface area contributed by atoms with Crippen LogP contribution in [0.1, 0.15) is 22.2 Å². The Morgan fingerprint density at radius 3 is 2.53 bits per heavy atom. The van der Waals surface area contributed by atoms with Gasteiger partial charge in [-0.1, -0.05) is 29.8 Å². The van der Waals surface area contributed by atoms with Crippen LogP contribution in [0.5, 0.6) is 0 Å². The summed E-state index contributed by atoms with van der Waals surface area (Å²) in [6, 6.07) is 11.1. The van der Waals surface area contributed by atoms with Crippen LogP contribution in [0.25, 0.3) is 6.08 Å². The summed E-state index contributed by atoms with van der Waals surface area (Å²) in [5.41, 5.74) is 1.71. The van der Waals surface area contributed by atoms with Gasteiger partial charge in [-0.15, -0.1) is 11.3 Å². The number of rotatable bonds is 3. The normalized spacial score (nSPS) is 11.5. The van der Waals surface area contributed by atoms with Gasteiger partial charge in [-0.05, 0) is 47.7 Å².